The number of halogens is 1. The van der Waals surface area contributed by atoms with Crippen molar-refractivity contribution in [1.29, 1.82) is 0 Å². The third kappa shape index (κ3) is 6.06. The maximum absolute atomic E-state index is 15.0. The van der Waals surface area contributed by atoms with E-state index in [1.54, 1.807) is 0 Å². The Labute approximate surface area is 197 Å². The summed E-state index contributed by atoms with van der Waals surface area (Å²) in [4.78, 5) is 0. The van der Waals surface area contributed by atoms with Crippen molar-refractivity contribution >= 4 is 0 Å². The number of aryl methyl sites for hydroxylation is 2. The summed E-state index contributed by atoms with van der Waals surface area (Å²) in [6, 6.07) is 4.10. The Morgan fingerprint density at radius 2 is 1.66 bits per heavy atom. The first-order valence-corrected chi connectivity index (χ1v) is 14.1. The zero-order chi connectivity index (χ0) is 22.3. The SMILES string of the molecule is C=CCCc1cc(F)c2c(c1)CCC(C1CCC3CC(CCCCCCC)CCC3C1)C2. The van der Waals surface area contributed by atoms with Gasteiger partial charge in [-0.3, -0.25) is 0 Å². The van der Waals surface area contributed by atoms with Crippen molar-refractivity contribution in [3.05, 3.63) is 47.3 Å². The summed E-state index contributed by atoms with van der Waals surface area (Å²) in [7, 11) is 0. The lowest BCUT2D eigenvalue weighted by Gasteiger charge is -2.45. The highest BCUT2D eigenvalue weighted by molar-refractivity contribution is 5.36. The molecule has 5 atom stereocenters. The van der Waals surface area contributed by atoms with Crippen molar-refractivity contribution in [2.45, 2.75) is 116 Å². The third-order valence-corrected chi connectivity index (χ3v) is 9.38. The van der Waals surface area contributed by atoms with E-state index in [0.29, 0.717) is 5.92 Å². The van der Waals surface area contributed by atoms with Crippen molar-refractivity contribution in [1.82, 2.24) is 0 Å². The zero-order valence-corrected chi connectivity index (χ0v) is 20.7. The van der Waals surface area contributed by atoms with Crippen molar-refractivity contribution < 1.29 is 4.39 Å². The Hall–Kier alpha value is -1.11. The highest BCUT2D eigenvalue weighted by Gasteiger charge is 2.38. The highest BCUT2D eigenvalue weighted by atomic mass is 19.1. The van der Waals surface area contributed by atoms with Gasteiger partial charge in [-0.2, -0.15) is 0 Å². The molecule has 0 aromatic heterocycles. The van der Waals surface area contributed by atoms with Gasteiger partial charge < -0.3 is 0 Å². The zero-order valence-electron chi connectivity index (χ0n) is 20.7. The lowest BCUT2D eigenvalue weighted by Crippen LogP contribution is -2.35. The van der Waals surface area contributed by atoms with Crippen LogP contribution in [-0.4, -0.2) is 0 Å². The first-order chi connectivity index (χ1) is 15.7. The Balaban J connectivity index is 1.27. The smallest absolute Gasteiger partial charge is 0.126 e. The van der Waals surface area contributed by atoms with E-state index in [2.05, 4.69) is 19.6 Å². The van der Waals surface area contributed by atoms with E-state index < -0.39 is 0 Å². The maximum atomic E-state index is 15.0. The number of fused-ring (bicyclic) bond motifs is 2. The average Bonchev–Trinajstić information content (AvgIpc) is 2.82. The molecule has 0 heterocycles. The lowest BCUT2D eigenvalue weighted by molar-refractivity contribution is 0.0687. The maximum Gasteiger partial charge on any atom is 0.126 e. The minimum absolute atomic E-state index is 0.0689. The van der Waals surface area contributed by atoms with E-state index in [0.717, 1.165) is 60.5 Å². The van der Waals surface area contributed by atoms with Crippen molar-refractivity contribution in [3.8, 4) is 0 Å². The van der Waals surface area contributed by atoms with Crippen LogP contribution in [0.15, 0.2) is 24.8 Å². The summed E-state index contributed by atoms with van der Waals surface area (Å²) in [6.45, 7) is 6.12. The van der Waals surface area contributed by atoms with Crippen LogP contribution in [0.1, 0.15) is 114 Å². The van der Waals surface area contributed by atoms with Gasteiger partial charge in [0, 0.05) is 0 Å². The van der Waals surface area contributed by atoms with Gasteiger partial charge in [-0.25, -0.2) is 4.39 Å². The van der Waals surface area contributed by atoms with Gasteiger partial charge in [-0.15, -0.1) is 6.58 Å². The van der Waals surface area contributed by atoms with Crippen LogP contribution in [0.5, 0.6) is 0 Å². The molecule has 2 fully saturated rings. The van der Waals surface area contributed by atoms with Crippen LogP contribution in [0, 0.1) is 35.4 Å². The molecule has 0 amide bonds. The molecule has 3 aliphatic rings. The van der Waals surface area contributed by atoms with Crippen molar-refractivity contribution in [2.75, 3.05) is 0 Å². The van der Waals surface area contributed by atoms with Crippen LogP contribution in [0.4, 0.5) is 4.39 Å². The Kier molecular flexibility index (Phi) is 8.90. The second kappa shape index (κ2) is 11.8. The molecule has 1 heteroatoms. The van der Waals surface area contributed by atoms with Gasteiger partial charge in [0.15, 0.2) is 0 Å². The van der Waals surface area contributed by atoms with Gasteiger partial charge in [0.25, 0.3) is 0 Å². The summed E-state index contributed by atoms with van der Waals surface area (Å²) in [5.41, 5.74) is 3.51. The molecule has 0 spiro atoms. The molecule has 0 aliphatic heterocycles. The van der Waals surface area contributed by atoms with Crippen LogP contribution >= 0.6 is 0 Å². The minimum atomic E-state index is 0.0689. The molecule has 0 bridgehead atoms. The van der Waals surface area contributed by atoms with Gasteiger partial charge in [0.05, 0.1) is 0 Å². The molecule has 2 saturated carbocycles. The number of unbranched alkanes of at least 4 members (excludes halogenated alkanes) is 4. The molecule has 4 rings (SSSR count). The number of allylic oxidation sites excluding steroid dienone is 1. The van der Waals surface area contributed by atoms with Crippen LogP contribution in [0.3, 0.4) is 0 Å². The summed E-state index contributed by atoms with van der Waals surface area (Å²) >= 11 is 0. The molecule has 3 aliphatic carbocycles. The molecular formula is C31H47F. The van der Waals surface area contributed by atoms with E-state index in [-0.39, 0.29) is 5.82 Å². The van der Waals surface area contributed by atoms with E-state index in [1.807, 2.05) is 12.1 Å². The molecule has 0 N–H and O–H groups in total. The molecular weight excluding hydrogens is 391 g/mol. The topological polar surface area (TPSA) is 0 Å². The predicted molar refractivity (Wildman–Crippen MR) is 135 cm³/mol. The first-order valence-electron chi connectivity index (χ1n) is 14.1. The van der Waals surface area contributed by atoms with Gasteiger partial charge in [0.1, 0.15) is 5.82 Å². The third-order valence-electron chi connectivity index (χ3n) is 9.38. The monoisotopic (exact) mass is 438 g/mol. The number of hydrogen-bond donors (Lipinski definition) is 0. The normalized spacial score (nSPS) is 29.9. The van der Waals surface area contributed by atoms with E-state index in [9.17, 15) is 4.39 Å². The molecule has 5 unspecified atom stereocenters. The molecule has 1 aromatic carbocycles. The van der Waals surface area contributed by atoms with Crippen LogP contribution in [-0.2, 0) is 19.3 Å². The molecule has 32 heavy (non-hydrogen) atoms. The standard InChI is InChI=1S/C31H47F/c1-3-5-7-8-9-11-23-12-13-26-21-27(15-14-25(26)18-23)28-16-17-29-19-24(10-6-4-2)20-31(32)30(29)22-28/h4,19-20,23,25-28H,2-3,5-18,21-22H2,1H3. The van der Waals surface area contributed by atoms with Gasteiger partial charge in [-0.05, 0) is 117 Å². The minimum Gasteiger partial charge on any atom is -0.207 e. The van der Waals surface area contributed by atoms with Crippen molar-refractivity contribution in [3.63, 3.8) is 0 Å². The Morgan fingerprint density at radius 3 is 2.47 bits per heavy atom. The van der Waals surface area contributed by atoms with E-state index >= 15 is 0 Å². The molecule has 178 valence electrons. The summed E-state index contributed by atoms with van der Waals surface area (Å²) in [5.74, 6) is 4.61. The van der Waals surface area contributed by atoms with E-state index in [1.165, 1.54) is 89.0 Å². The van der Waals surface area contributed by atoms with E-state index in [4.69, 9.17) is 0 Å². The quantitative estimate of drug-likeness (QED) is 0.252. The predicted octanol–water partition coefficient (Wildman–Crippen LogP) is 9.24. The lowest BCUT2D eigenvalue weighted by atomic mass is 9.60. The average molecular weight is 439 g/mol. The Bertz CT molecular complexity index is 734. The largest absolute Gasteiger partial charge is 0.207 e. The summed E-state index contributed by atoms with van der Waals surface area (Å²) < 4.78 is 15.0. The van der Waals surface area contributed by atoms with Crippen LogP contribution in [0.2, 0.25) is 0 Å². The van der Waals surface area contributed by atoms with Gasteiger partial charge >= 0.3 is 0 Å². The second-order valence-corrected chi connectivity index (χ2v) is 11.5. The summed E-state index contributed by atoms with van der Waals surface area (Å²) in [5, 5.41) is 0. The first kappa shape index (κ1) is 24.0. The van der Waals surface area contributed by atoms with Crippen LogP contribution < -0.4 is 0 Å². The van der Waals surface area contributed by atoms with Crippen LogP contribution in [0.25, 0.3) is 0 Å². The molecule has 1 aromatic rings. The number of rotatable bonds is 10. The molecule has 0 nitrogen and oxygen atoms in total. The Morgan fingerprint density at radius 1 is 0.906 bits per heavy atom. The fraction of sp³-hybridized carbons (Fsp3) is 0.742. The highest BCUT2D eigenvalue weighted by Crippen LogP contribution is 2.49. The van der Waals surface area contributed by atoms with Gasteiger partial charge in [-0.1, -0.05) is 64.0 Å². The fourth-order valence-corrected chi connectivity index (χ4v) is 7.48. The van der Waals surface area contributed by atoms with Gasteiger partial charge in [0.2, 0.25) is 0 Å². The summed E-state index contributed by atoms with van der Waals surface area (Å²) in [6.07, 6.45) is 24.5. The van der Waals surface area contributed by atoms with Crippen molar-refractivity contribution in [2.24, 2.45) is 29.6 Å². The number of benzene rings is 1. The second-order valence-electron chi connectivity index (χ2n) is 11.5. The number of hydrogen-bond acceptors (Lipinski definition) is 0. The fourth-order valence-electron chi connectivity index (χ4n) is 7.48. The molecule has 0 radical (unpaired) electrons. The molecule has 0 saturated heterocycles.